The highest BCUT2D eigenvalue weighted by atomic mass is 16.5. The van der Waals surface area contributed by atoms with Crippen molar-refractivity contribution >= 4 is 5.96 Å². The van der Waals surface area contributed by atoms with E-state index in [1.807, 2.05) is 0 Å². The van der Waals surface area contributed by atoms with Gasteiger partial charge in [-0.3, -0.25) is 4.99 Å². The second-order valence-electron chi connectivity index (χ2n) is 6.36. The Morgan fingerprint density at radius 2 is 1.74 bits per heavy atom. The Bertz CT molecular complexity index is 329. The highest BCUT2D eigenvalue weighted by Crippen LogP contribution is 2.28. The molecule has 1 saturated carbocycles. The Morgan fingerprint density at radius 1 is 1.04 bits per heavy atom. The molecule has 1 unspecified atom stereocenters. The minimum absolute atomic E-state index is 0.319. The molecule has 0 bridgehead atoms. The summed E-state index contributed by atoms with van der Waals surface area (Å²) in [6.07, 6.45) is 7.32. The smallest absolute Gasteiger partial charge is 0.190 e. The zero-order valence-electron chi connectivity index (χ0n) is 14.5. The summed E-state index contributed by atoms with van der Waals surface area (Å²) in [6, 6.07) is 0. The molecule has 2 rings (SSSR count). The van der Waals surface area contributed by atoms with Gasteiger partial charge in [-0.2, -0.15) is 0 Å². The monoisotopic (exact) mass is 327 g/mol. The van der Waals surface area contributed by atoms with E-state index < -0.39 is 0 Å². The Labute approximate surface area is 140 Å². The summed E-state index contributed by atoms with van der Waals surface area (Å²) in [7, 11) is 1.80. The zero-order valence-corrected chi connectivity index (χ0v) is 14.5. The number of nitrogens with one attached hydrogen (secondary N) is 2. The van der Waals surface area contributed by atoms with Gasteiger partial charge in [-0.05, 0) is 44.4 Å². The van der Waals surface area contributed by atoms with Gasteiger partial charge < -0.3 is 24.8 Å². The fourth-order valence-electron chi connectivity index (χ4n) is 2.51. The molecule has 134 valence electrons. The molecule has 0 aromatic rings. The van der Waals surface area contributed by atoms with Crippen molar-refractivity contribution in [3.8, 4) is 0 Å². The molecule has 1 heterocycles. The Balaban J connectivity index is 1.35. The van der Waals surface area contributed by atoms with Crippen LogP contribution in [0.25, 0.3) is 0 Å². The van der Waals surface area contributed by atoms with Crippen LogP contribution in [0.2, 0.25) is 0 Å². The van der Waals surface area contributed by atoms with E-state index in [1.54, 1.807) is 7.05 Å². The minimum atomic E-state index is 0.319. The van der Waals surface area contributed by atoms with E-state index in [9.17, 15) is 0 Å². The van der Waals surface area contributed by atoms with Gasteiger partial charge in [0.05, 0.1) is 12.7 Å². The molecular formula is C17H33N3O3. The predicted molar refractivity (Wildman–Crippen MR) is 91.9 cm³/mol. The van der Waals surface area contributed by atoms with Crippen molar-refractivity contribution in [2.45, 2.75) is 44.6 Å². The zero-order chi connectivity index (χ0) is 16.2. The Hall–Kier alpha value is -0.850. The van der Waals surface area contributed by atoms with Crippen molar-refractivity contribution in [3.63, 3.8) is 0 Å². The normalized spacial score (nSPS) is 21.6. The minimum Gasteiger partial charge on any atom is -0.381 e. The maximum absolute atomic E-state index is 5.64. The lowest BCUT2D eigenvalue weighted by molar-refractivity contribution is 0.0168. The first-order valence-electron chi connectivity index (χ1n) is 9.10. The van der Waals surface area contributed by atoms with Crippen LogP contribution in [0.15, 0.2) is 4.99 Å². The molecule has 1 aliphatic carbocycles. The van der Waals surface area contributed by atoms with Gasteiger partial charge in [0.15, 0.2) is 5.96 Å². The first kappa shape index (κ1) is 18.5. The van der Waals surface area contributed by atoms with E-state index in [2.05, 4.69) is 15.6 Å². The topological polar surface area (TPSA) is 64.1 Å². The Kier molecular flexibility index (Phi) is 9.36. The lowest BCUT2D eigenvalue weighted by atomic mass is 10.2. The van der Waals surface area contributed by atoms with E-state index >= 15 is 0 Å². The van der Waals surface area contributed by atoms with Crippen LogP contribution in [-0.4, -0.2) is 65.2 Å². The summed E-state index contributed by atoms with van der Waals surface area (Å²) < 4.78 is 16.8. The van der Waals surface area contributed by atoms with Gasteiger partial charge in [0.2, 0.25) is 0 Å². The van der Waals surface area contributed by atoms with Crippen molar-refractivity contribution in [2.24, 2.45) is 10.9 Å². The number of nitrogens with zero attached hydrogens (tertiary/aromatic N) is 1. The average molecular weight is 327 g/mol. The third-order valence-corrected chi connectivity index (χ3v) is 4.12. The van der Waals surface area contributed by atoms with Crippen molar-refractivity contribution in [1.29, 1.82) is 0 Å². The fourth-order valence-corrected chi connectivity index (χ4v) is 2.51. The van der Waals surface area contributed by atoms with E-state index in [1.165, 1.54) is 19.3 Å². The molecule has 0 spiro atoms. The molecule has 1 saturated heterocycles. The predicted octanol–water partition coefficient (Wildman–Crippen LogP) is 1.55. The maximum atomic E-state index is 5.64. The van der Waals surface area contributed by atoms with Gasteiger partial charge in [0.25, 0.3) is 0 Å². The van der Waals surface area contributed by atoms with E-state index in [-0.39, 0.29) is 0 Å². The van der Waals surface area contributed by atoms with E-state index in [0.717, 1.165) is 77.3 Å². The summed E-state index contributed by atoms with van der Waals surface area (Å²) in [4.78, 5) is 4.22. The van der Waals surface area contributed by atoms with Gasteiger partial charge in [-0.25, -0.2) is 0 Å². The number of rotatable bonds is 12. The lowest BCUT2D eigenvalue weighted by Crippen LogP contribution is -2.38. The second kappa shape index (κ2) is 11.6. The first-order chi connectivity index (χ1) is 11.4. The summed E-state index contributed by atoms with van der Waals surface area (Å²) in [5, 5.41) is 6.61. The van der Waals surface area contributed by atoms with Crippen LogP contribution in [0, 0.1) is 5.92 Å². The Morgan fingerprint density at radius 3 is 2.30 bits per heavy atom. The van der Waals surface area contributed by atoms with E-state index in [4.69, 9.17) is 14.2 Å². The van der Waals surface area contributed by atoms with Crippen LogP contribution in [0.4, 0.5) is 0 Å². The largest absolute Gasteiger partial charge is 0.381 e. The molecule has 0 aromatic carbocycles. The molecule has 1 aliphatic heterocycles. The van der Waals surface area contributed by atoms with Gasteiger partial charge in [-0.1, -0.05) is 0 Å². The van der Waals surface area contributed by atoms with Crippen molar-refractivity contribution < 1.29 is 14.2 Å². The SMILES string of the molecule is CN=C(NCCCOCC1CC1)NCCCOCC1CCCO1. The number of hydrogen-bond donors (Lipinski definition) is 2. The fraction of sp³-hybridized carbons (Fsp3) is 0.941. The second-order valence-corrected chi connectivity index (χ2v) is 6.36. The molecule has 23 heavy (non-hydrogen) atoms. The van der Waals surface area contributed by atoms with Crippen molar-refractivity contribution in [3.05, 3.63) is 0 Å². The van der Waals surface area contributed by atoms with Gasteiger partial charge >= 0.3 is 0 Å². The van der Waals surface area contributed by atoms with Gasteiger partial charge in [0, 0.05) is 46.6 Å². The third kappa shape index (κ3) is 9.13. The number of aliphatic imine (C=N–C) groups is 1. The molecule has 2 fully saturated rings. The lowest BCUT2D eigenvalue weighted by Gasteiger charge is -2.13. The van der Waals surface area contributed by atoms with Crippen LogP contribution in [0.3, 0.4) is 0 Å². The molecule has 0 aromatic heterocycles. The molecule has 6 nitrogen and oxygen atoms in total. The van der Waals surface area contributed by atoms with E-state index in [0.29, 0.717) is 6.10 Å². The van der Waals surface area contributed by atoms with Crippen LogP contribution in [-0.2, 0) is 14.2 Å². The average Bonchev–Trinajstić information content (AvgIpc) is 3.25. The summed E-state index contributed by atoms with van der Waals surface area (Å²) in [5.74, 6) is 1.70. The van der Waals surface area contributed by atoms with Gasteiger partial charge in [-0.15, -0.1) is 0 Å². The molecule has 1 atom stereocenters. The summed E-state index contributed by atoms with van der Waals surface area (Å²) >= 11 is 0. The molecule has 2 aliphatic rings. The van der Waals surface area contributed by atoms with Crippen molar-refractivity contribution in [2.75, 3.05) is 53.2 Å². The van der Waals surface area contributed by atoms with Crippen LogP contribution in [0.1, 0.15) is 38.5 Å². The standard InChI is InChI=1S/C17H33N3O3/c1-18-17(19-8-3-10-21-13-15-6-7-15)20-9-4-11-22-14-16-5-2-12-23-16/h15-16H,2-14H2,1H3,(H2,18,19,20). The number of guanidine groups is 1. The molecule has 0 radical (unpaired) electrons. The highest BCUT2D eigenvalue weighted by molar-refractivity contribution is 5.79. The quantitative estimate of drug-likeness (QED) is 0.323. The highest BCUT2D eigenvalue weighted by Gasteiger charge is 2.20. The molecule has 2 N–H and O–H groups in total. The van der Waals surface area contributed by atoms with Crippen LogP contribution >= 0.6 is 0 Å². The first-order valence-corrected chi connectivity index (χ1v) is 9.10. The van der Waals surface area contributed by atoms with Gasteiger partial charge in [0.1, 0.15) is 0 Å². The third-order valence-electron chi connectivity index (χ3n) is 4.12. The van der Waals surface area contributed by atoms with Crippen molar-refractivity contribution in [1.82, 2.24) is 10.6 Å². The van der Waals surface area contributed by atoms with Crippen LogP contribution in [0.5, 0.6) is 0 Å². The summed E-state index contributed by atoms with van der Waals surface area (Å²) in [6.45, 7) is 5.91. The molecule has 0 amide bonds. The number of hydrogen-bond acceptors (Lipinski definition) is 4. The number of ether oxygens (including phenoxy) is 3. The molecular weight excluding hydrogens is 294 g/mol. The summed E-state index contributed by atoms with van der Waals surface area (Å²) in [5.41, 5.74) is 0. The van der Waals surface area contributed by atoms with Crippen LogP contribution < -0.4 is 10.6 Å². The maximum Gasteiger partial charge on any atom is 0.190 e. The molecule has 6 heteroatoms.